The molecule has 0 heterocycles. The first-order chi connectivity index (χ1) is 41.7. The molecule has 14 nitrogen and oxygen atoms in total. The molecule has 0 saturated heterocycles. The van der Waals surface area contributed by atoms with Crippen molar-refractivity contribution in [3.8, 4) is 5.75 Å². The molecule has 14 heteroatoms. The van der Waals surface area contributed by atoms with Crippen LogP contribution in [0.2, 0.25) is 0 Å². The van der Waals surface area contributed by atoms with E-state index in [1.165, 1.54) is 24.8 Å². The van der Waals surface area contributed by atoms with E-state index in [-0.39, 0.29) is 42.2 Å². The van der Waals surface area contributed by atoms with Crippen LogP contribution in [0, 0.1) is 65.1 Å². The van der Waals surface area contributed by atoms with Crippen molar-refractivity contribution in [3.05, 3.63) is 29.8 Å². The molecule has 0 saturated carbocycles. The molecule has 90 heavy (non-hydrogen) atoms. The number of rotatable bonds is 39. The number of unbranched alkanes of at least 4 members (excludes halogenated alkanes) is 1. The fraction of sp³-hybridized carbons (Fsp3) is 0.855. The largest absolute Gasteiger partial charge is 0.493 e. The molecule has 1 aromatic carbocycles. The van der Waals surface area contributed by atoms with Gasteiger partial charge in [0.15, 0.2) is 0 Å². The molecule has 0 aliphatic carbocycles. The normalized spacial score (nSPS) is 11.1. The van der Waals surface area contributed by atoms with Crippen LogP contribution in [-0.4, -0.2) is 119 Å². The summed E-state index contributed by atoms with van der Waals surface area (Å²) in [6, 6.07) is 8.66. The summed E-state index contributed by atoms with van der Waals surface area (Å²) in [5.74, 6) is 9.08. The van der Waals surface area contributed by atoms with Gasteiger partial charge in [-0.1, -0.05) is 191 Å². The Kier molecular flexibility index (Phi) is 70.6. The van der Waals surface area contributed by atoms with Crippen molar-refractivity contribution < 1.29 is 38.2 Å². The Balaban J connectivity index is -0.000000229. The van der Waals surface area contributed by atoms with Gasteiger partial charge in [0.25, 0.3) is 0 Å². The average Bonchev–Trinajstić information content (AvgIpc) is 3.56. The molecule has 0 aromatic heterocycles. The monoisotopic (exact) mass is 1280 g/mol. The maximum Gasteiger partial charge on any atom is 0.246 e. The topological polar surface area (TPSA) is 176 Å². The number of amides is 5. The second kappa shape index (κ2) is 65.3. The van der Waals surface area contributed by atoms with E-state index in [0.717, 1.165) is 96.3 Å². The molecule has 0 aliphatic heterocycles. The maximum absolute atomic E-state index is 11.4. The summed E-state index contributed by atoms with van der Waals surface area (Å²) in [5.41, 5.74) is 1.36. The molecule has 0 aliphatic rings. The van der Waals surface area contributed by atoms with Crippen LogP contribution in [0.5, 0.6) is 5.75 Å². The van der Waals surface area contributed by atoms with E-state index in [9.17, 15) is 24.0 Å². The summed E-state index contributed by atoms with van der Waals surface area (Å²) in [6.07, 6.45) is 12.0. The van der Waals surface area contributed by atoms with E-state index >= 15 is 0 Å². The van der Waals surface area contributed by atoms with Crippen LogP contribution in [0.3, 0.4) is 0 Å². The highest BCUT2D eigenvalue weighted by Gasteiger charge is 2.09. The van der Waals surface area contributed by atoms with Crippen molar-refractivity contribution in [2.24, 2.45) is 65.1 Å². The van der Waals surface area contributed by atoms with Gasteiger partial charge in [0.1, 0.15) is 12.4 Å². The Hall–Kier alpha value is -3.75. The van der Waals surface area contributed by atoms with Crippen LogP contribution in [0.25, 0.3) is 0 Å². The van der Waals surface area contributed by atoms with E-state index in [0.29, 0.717) is 103 Å². The van der Waals surface area contributed by atoms with Gasteiger partial charge in [-0.25, -0.2) is 0 Å². The van der Waals surface area contributed by atoms with E-state index in [1.54, 1.807) is 0 Å². The molecule has 0 spiro atoms. The van der Waals surface area contributed by atoms with Crippen molar-refractivity contribution >= 4 is 29.5 Å². The number of nitrogens with zero attached hydrogens (tertiary/aromatic N) is 1. The molecule has 5 N–H and O–H groups in total. The predicted octanol–water partition coefficient (Wildman–Crippen LogP) is 17.4. The number of nitrogens with one attached hydrogen (secondary N) is 5. The van der Waals surface area contributed by atoms with Crippen LogP contribution in [0.1, 0.15) is 282 Å². The molecule has 0 radical (unpaired) electrons. The van der Waals surface area contributed by atoms with E-state index in [2.05, 4.69) is 243 Å². The third-order valence-electron chi connectivity index (χ3n) is 12.6. The summed E-state index contributed by atoms with van der Waals surface area (Å²) in [6.45, 7) is 67.4. The first kappa shape index (κ1) is 97.3. The minimum Gasteiger partial charge on any atom is -0.493 e. The Bertz CT molecular complexity index is 1700. The quantitative estimate of drug-likeness (QED) is 0.0402. The molecular weight excluding hydrogens is 1120 g/mol. The molecule has 0 fully saturated rings. The summed E-state index contributed by atoms with van der Waals surface area (Å²) in [4.78, 5) is 58.2. The Morgan fingerprint density at radius 3 is 1.18 bits per heavy atom. The minimum absolute atomic E-state index is 0.0191. The fourth-order valence-electron chi connectivity index (χ4n) is 7.20. The highest BCUT2D eigenvalue weighted by molar-refractivity contribution is 5.77. The number of hydrogen-bond donors (Lipinski definition) is 5. The van der Waals surface area contributed by atoms with Crippen LogP contribution in [0.15, 0.2) is 24.3 Å². The minimum atomic E-state index is -0.0191. The average molecular weight is 1280 g/mol. The smallest absolute Gasteiger partial charge is 0.246 e. The van der Waals surface area contributed by atoms with Crippen molar-refractivity contribution in [2.75, 3.05) is 72.7 Å². The molecular formula is C76H154N6O8. The molecule has 1 aromatic rings. The first-order valence-corrected chi connectivity index (χ1v) is 35.7. The lowest BCUT2D eigenvalue weighted by Crippen LogP contribution is -2.34. The number of carbonyl (C=O) groups excluding carboxylic acids is 5. The van der Waals surface area contributed by atoms with Gasteiger partial charge in [-0.15, -0.1) is 0 Å². The highest BCUT2D eigenvalue weighted by Crippen LogP contribution is 2.19. The zero-order chi connectivity index (χ0) is 70.7. The van der Waals surface area contributed by atoms with Crippen molar-refractivity contribution in [1.82, 2.24) is 31.5 Å². The number of hydrogen-bond acceptors (Lipinski definition) is 9. The second-order valence-corrected chi connectivity index (χ2v) is 30.0. The highest BCUT2D eigenvalue weighted by atomic mass is 16.5. The summed E-state index contributed by atoms with van der Waals surface area (Å²) in [7, 11) is 2.10. The fourth-order valence-corrected chi connectivity index (χ4v) is 7.20. The van der Waals surface area contributed by atoms with Gasteiger partial charge in [0.05, 0.1) is 12.7 Å². The lowest BCUT2D eigenvalue weighted by atomic mass is 10.0. The Morgan fingerprint density at radius 1 is 0.411 bits per heavy atom. The summed E-state index contributed by atoms with van der Waals surface area (Å²) in [5, 5.41) is 14.4. The third kappa shape index (κ3) is 93.0. The van der Waals surface area contributed by atoms with E-state index in [1.807, 2.05) is 13.8 Å². The van der Waals surface area contributed by atoms with Gasteiger partial charge < -0.3 is 45.7 Å². The van der Waals surface area contributed by atoms with Gasteiger partial charge in [-0.05, 0) is 162 Å². The third-order valence-corrected chi connectivity index (χ3v) is 12.6. The first-order valence-electron chi connectivity index (χ1n) is 35.7. The van der Waals surface area contributed by atoms with Gasteiger partial charge in [-0.3, -0.25) is 24.0 Å². The maximum atomic E-state index is 11.4. The van der Waals surface area contributed by atoms with Crippen LogP contribution < -0.4 is 31.3 Å². The lowest BCUT2D eigenvalue weighted by Gasteiger charge is -2.19. The lowest BCUT2D eigenvalue weighted by molar-refractivity contribution is -0.126. The Labute approximate surface area is 559 Å². The molecule has 1 rings (SSSR count). The van der Waals surface area contributed by atoms with Gasteiger partial charge >= 0.3 is 0 Å². The Morgan fingerprint density at radius 2 is 0.811 bits per heavy atom. The predicted molar refractivity (Wildman–Crippen MR) is 389 cm³/mol. The second-order valence-electron chi connectivity index (χ2n) is 30.0. The zero-order valence-electron chi connectivity index (χ0n) is 64.7. The van der Waals surface area contributed by atoms with E-state index < -0.39 is 0 Å². The van der Waals surface area contributed by atoms with Gasteiger partial charge in [0.2, 0.25) is 29.5 Å². The zero-order valence-corrected chi connectivity index (χ0v) is 64.7. The summed E-state index contributed by atoms with van der Waals surface area (Å²) >= 11 is 0. The standard InChI is InChI=1S/C13H28N2O.C13H20O.C11H23NO.C10H21NO2.C10H21NO.C10H22O.C9H19NO/c1-11(2)6-7-13(16)14-8-9-15(5)10-12(3)4;1-10(2)9-14-13-7-5-12(6-8-13)11(3)4;1-9(2)5-6-11(13)12-8-7-10(3)4;1-8(2)5-11-10(12)7-13-6-9(3)4;1-8(2)5-6-10(12)11-7-9(3)4;1-9(2)7-5-6-8-11-10(3)4;1-7(2)5-6-9(11)10-8(3)4/h11-12H,6-10H2,1-5H3,(H,14,16);5-8,10-11H,9H2,1-4H3;9-10H,5-8H2,1-4H3,(H,12,13);8-9H,5-7H2,1-4H3,(H,11,12);8-9H,5-7H2,1-4H3,(H,11,12);9-10H,5-8H2,1-4H3;7-8H,5-6H2,1-4H3,(H,10,11). The van der Waals surface area contributed by atoms with Crippen LogP contribution in [0.4, 0.5) is 0 Å². The molecule has 536 valence electrons. The van der Waals surface area contributed by atoms with E-state index in [4.69, 9.17) is 14.2 Å². The SMILES string of the molecule is CC(C)CCC(=O)NC(C)C.CC(C)CCC(=O)NCC(C)C.CC(C)CCC(=O)NCCN(C)CC(C)C.CC(C)CCCCOC(C)C.CC(C)CCNC(=O)CCC(C)C.CC(C)CNC(=O)COCC(C)C.CC(C)COc1ccc(C(C)C)cc1. The number of carbonyl (C=O) groups is 5. The number of benzene rings is 1. The van der Waals surface area contributed by atoms with Crippen molar-refractivity contribution in [3.63, 3.8) is 0 Å². The van der Waals surface area contributed by atoms with Crippen molar-refractivity contribution in [2.45, 2.75) is 289 Å². The van der Waals surface area contributed by atoms with Crippen LogP contribution >= 0.6 is 0 Å². The molecule has 0 bridgehead atoms. The summed E-state index contributed by atoms with van der Waals surface area (Å²) < 4.78 is 16.2. The molecule has 0 atom stereocenters. The van der Waals surface area contributed by atoms with Gasteiger partial charge in [0, 0.05) is 84.2 Å². The molecule has 0 unspecified atom stereocenters. The van der Waals surface area contributed by atoms with Crippen molar-refractivity contribution in [1.29, 1.82) is 0 Å². The number of likely N-dealkylation sites (N-methyl/N-ethyl adjacent to an activating group) is 1. The molecule has 5 amide bonds. The van der Waals surface area contributed by atoms with Crippen LogP contribution in [-0.2, 0) is 33.4 Å². The van der Waals surface area contributed by atoms with Gasteiger partial charge in [-0.2, -0.15) is 0 Å². The number of ether oxygens (including phenoxy) is 3.